The number of aromatic nitrogens is 2. The molecule has 1 heterocycles. The van der Waals surface area contributed by atoms with Gasteiger partial charge in [-0.3, -0.25) is 4.68 Å². The topological polar surface area (TPSA) is 109 Å². The highest BCUT2D eigenvalue weighted by atomic mass is 35.5. The third kappa shape index (κ3) is 3.73. The van der Waals surface area contributed by atoms with E-state index in [1.807, 2.05) is 0 Å². The molecule has 0 saturated carbocycles. The van der Waals surface area contributed by atoms with Gasteiger partial charge < -0.3 is 16.3 Å². The van der Waals surface area contributed by atoms with Crippen LogP contribution in [0.15, 0.2) is 35.7 Å². The Balaban J connectivity index is 2.03. The predicted molar refractivity (Wildman–Crippen MR) is 79.6 cm³/mol. The molecule has 0 aliphatic heterocycles. The SMILES string of the molecule is Cc1c(N)cccc1/C(N)=N/OC(=O)Cn1cc(Cl)cn1. The normalized spacial score (nSPS) is 11.4. The lowest BCUT2D eigenvalue weighted by Crippen LogP contribution is -2.18. The molecular weight excluding hydrogens is 294 g/mol. The molecule has 7 nitrogen and oxygen atoms in total. The number of nitrogens with zero attached hydrogens (tertiary/aromatic N) is 3. The highest BCUT2D eigenvalue weighted by Crippen LogP contribution is 2.15. The molecule has 1 aromatic heterocycles. The first-order chi connectivity index (χ1) is 9.97. The summed E-state index contributed by atoms with van der Waals surface area (Å²) in [6.07, 6.45) is 2.92. The van der Waals surface area contributed by atoms with Crippen LogP contribution in [0.25, 0.3) is 0 Å². The molecule has 0 atom stereocenters. The number of hydrogen-bond acceptors (Lipinski definition) is 5. The van der Waals surface area contributed by atoms with E-state index >= 15 is 0 Å². The summed E-state index contributed by atoms with van der Waals surface area (Å²) in [5, 5.41) is 7.90. The van der Waals surface area contributed by atoms with Gasteiger partial charge in [-0.2, -0.15) is 5.10 Å². The van der Waals surface area contributed by atoms with Crippen molar-refractivity contribution in [3.05, 3.63) is 46.7 Å². The Morgan fingerprint density at radius 1 is 1.52 bits per heavy atom. The van der Waals surface area contributed by atoms with Crippen LogP contribution in [0.1, 0.15) is 11.1 Å². The van der Waals surface area contributed by atoms with Crippen molar-refractivity contribution in [2.45, 2.75) is 13.5 Å². The van der Waals surface area contributed by atoms with E-state index in [1.165, 1.54) is 17.1 Å². The summed E-state index contributed by atoms with van der Waals surface area (Å²) in [7, 11) is 0. The highest BCUT2D eigenvalue weighted by Gasteiger charge is 2.09. The van der Waals surface area contributed by atoms with Crippen molar-refractivity contribution >= 4 is 29.1 Å². The van der Waals surface area contributed by atoms with E-state index in [0.29, 0.717) is 16.3 Å². The number of rotatable bonds is 4. The number of anilines is 1. The Labute approximate surface area is 126 Å². The van der Waals surface area contributed by atoms with E-state index in [9.17, 15) is 4.79 Å². The average molecular weight is 308 g/mol. The van der Waals surface area contributed by atoms with Crippen molar-refractivity contribution in [2.24, 2.45) is 10.9 Å². The number of hydrogen-bond donors (Lipinski definition) is 2. The monoisotopic (exact) mass is 307 g/mol. The van der Waals surface area contributed by atoms with Crippen molar-refractivity contribution in [1.82, 2.24) is 9.78 Å². The zero-order chi connectivity index (χ0) is 15.4. The lowest BCUT2D eigenvalue weighted by molar-refractivity contribution is -0.144. The molecule has 0 aliphatic carbocycles. The Bertz CT molecular complexity index is 696. The van der Waals surface area contributed by atoms with E-state index in [0.717, 1.165) is 5.56 Å². The second kappa shape index (κ2) is 6.27. The van der Waals surface area contributed by atoms with Crippen molar-refractivity contribution in [1.29, 1.82) is 0 Å². The van der Waals surface area contributed by atoms with Crippen molar-refractivity contribution in [3.8, 4) is 0 Å². The number of nitrogens with two attached hydrogens (primary N) is 2. The molecule has 0 radical (unpaired) electrons. The number of benzene rings is 1. The van der Waals surface area contributed by atoms with Gasteiger partial charge in [0.05, 0.1) is 11.2 Å². The number of carbonyl (C=O) groups is 1. The maximum absolute atomic E-state index is 11.6. The van der Waals surface area contributed by atoms with Crippen molar-refractivity contribution in [3.63, 3.8) is 0 Å². The second-order valence-electron chi connectivity index (χ2n) is 4.32. The second-order valence-corrected chi connectivity index (χ2v) is 4.75. The summed E-state index contributed by atoms with van der Waals surface area (Å²) in [5.41, 5.74) is 13.5. The van der Waals surface area contributed by atoms with Crippen LogP contribution in [0, 0.1) is 6.92 Å². The van der Waals surface area contributed by atoms with Gasteiger partial charge in [-0.05, 0) is 18.6 Å². The Morgan fingerprint density at radius 2 is 2.29 bits per heavy atom. The van der Waals surface area contributed by atoms with E-state index in [1.54, 1.807) is 25.1 Å². The fraction of sp³-hybridized carbons (Fsp3) is 0.154. The van der Waals surface area contributed by atoms with Gasteiger partial charge in [0.15, 0.2) is 5.84 Å². The molecule has 0 amide bonds. The summed E-state index contributed by atoms with van der Waals surface area (Å²) in [6.45, 7) is 1.69. The van der Waals surface area contributed by atoms with Gasteiger partial charge >= 0.3 is 5.97 Å². The summed E-state index contributed by atoms with van der Waals surface area (Å²) in [6, 6.07) is 5.23. The van der Waals surface area contributed by atoms with Gasteiger partial charge in [0.2, 0.25) is 0 Å². The van der Waals surface area contributed by atoms with Crippen LogP contribution in [0.3, 0.4) is 0 Å². The minimum absolute atomic E-state index is 0.0756. The third-order valence-electron chi connectivity index (χ3n) is 2.79. The van der Waals surface area contributed by atoms with Gasteiger partial charge in [-0.25, -0.2) is 4.79 Å². The summed E-state index contributed by atoms with van der Waals surface area (Å²) < 4.78 is 1.34. The lowest BCUT2D eigenvalue weighted by Gasteiger charge is -2.07. The number of oxime groups is 1. The third-order valence-corrected chi connectivity index (χ3v) is 2.99. The van der Waals surface area contributed by atoms with Gasteiger partial charge in [0.1, 0.15) is 6.54 Å². The highest BCUT2D eigenvalue weighted by molar-refractivity contribution is 6.30. The zero-order valence-corrected chi connectivity index (χ0v) is 12.0. The molecule has 21 heavy (non-hydrogen) atoms. The van der Waals surface area contributed by atoms with E-state index < -0.39 is 5.97 Å². The average Bonchev–Trinajstić information content (AvgIpc) is 2.84. The first kappa shape index (κ1) is 14.9. The van der Waals surface area contributed by atoms with Gasteiger partial charge in [0, 0.05) is 17.4 Å². The van der Waals surface area contributed by atoms with Crippen LogP contribution >= 0.6 is 11.6 Å². The van der Waals surface area contributed by atoms with E-state index in [2.05, 4.69) is 10.3 Å². The van der Waals surface area contributed by atoms with E-state index in [4.69, 9.17) is 27.9 Å². The van der Waals surface area contributed by atoms with Crippen LogP contribution in [-0.4, -0.2) is 21.6 Å². The van der Waals surface area contributed by atoms with E-state index in [-0.39, 0.29) is 12.4 Å². The Kier molecular flexibility index (Phi) is 4.44. The molecule has 0 spiro atoms. The van der Waals surface area contributed by atoms with Crippen LogP contribution in [0.5, 0.6) is 0 Å². The smallest absolute Gasteiger partial charge is 0.356 e. The predicted octanol–water partition coefficient (Wildman–Crippen LogP) is 1.29. The molecule has 0 fully saturated rings. The molecule has 1 aromatic carbocycles. The maximum Gasteiger partial charge on any atom is 0.356 e. The molecule has 0 unspecified atom stereocenters. The fourth-order valence-corrected chi connectivity index (χ4v) is 1.82. The molecule has 4 N–H and O–H groups in total. The first-order valence-electron chi connectivity index (χ1n) is 6.04. The molecule has 2 aromatic rings. The standard InChI is InChI=1S/C13H14ClN5O2/c1-8-10(3-2-4-11(8)15)13(16)18-21-12(20)7-19-6-9(14)5-17-19/h2-6H,7,15H2,1H3,(H2,16,18). The number of amidine groups is 1. The van der Waals surface area contributed by atoms with Gasteiger partial charge in [-0.15, -0.1) is 0 Å². The molecular formula is C13H14ClN5O2. The number of halogens is 1. The lowest BCUT2D eigenvalue weighted by atomic mass is 10.1. The number of nitrogen functional groups attached to an aromatic ring is 1. The largest absolute Gasteiger partial charge is 0.398 e. The van der Waals surface area contributed by atoms with Crippen LogP contribution in [0.4, 0.5) is 5.69 Å². The van der Waals surface area contributed by atoms with Crippen molar-refractivity contribution < 1.29 is 9.63 Å². The van der Waals surface area contributed by atoms with Crippen LogP contribution in [-0.2, 0) is 16.2 Å². The van der Waals surface area contributed by atoms with Crippen LogP contribution < -0.4 is 11.5 Å². The van der Waals surface area contributed by atoms with Gasteiger partial charge in [0.25, 0.3) is 0 Å². The molecule has 0 bridgehead atoms. The summed E-state index contributed by atoms with van der Waals surface area (Å²) in [4.78, 5) is 16.3. The number of carbonyl (C=O) groups excluding carboxylic acids is 1. The summed E-state index contributed by atoms with van der Waals surface area (Å²) in [5.74, 6) is -0.536. The molecule has 0 saturated heterocycles. The Hall–Kier alpha value is -2.54. The van der Waals surface area contributed by atoms with Crippen LogP contribution in [0.2, 0.25) is 5.02 Å². The molecule has 8 heteroatoms. The maximum atomic E-state index is 11.6. The Morgan fingerprint density at radius 3 is 2.95 bits per heavy atom. The zero-order valence-electron chi connectivity index (χ0n) is 11.3. The van der Waals surface area contributed by atoms with Crippen molar-refractivity contribution in [2.75, 3.05) is 5.73 Å². The molecule has 2 rings (SSSR count). The molecule has 0 aliphatic rings. The fourth-order valence-electron chi connectivity index (χ4n) is 1.67. The minimum atomic E-state index is -0.612. The molecule has 110 valence electrons. The minimum Gasteiger partial charge on any atom is -0.398 e. The first-order valence-corrected chi connectivity index (χ1v) is 6.42. The van der Waals surface area contributed by atoms with Gasteiger partial charge in [-0.1, -0.05) is 28.9 Å². The quantitative estimate of drug-likeness (QED) is 0.291. The summed E-state index contributed by atoms with van der Waals surface area (Å²) >= 11 is 5.69.